The van der Waals surface area contributed by atoms with Crippen molar-refractivity contribution in [1.29, 1.82) is 0 Å². The number of amides is 1. The molecule has 0 N–H and O–H groups in total. The van der Waals surface area contributed by atoms with Crippen LogP contribution in [-0.4, -0.2) is 67.8 Å². The highest BCUT2D eigenvalue weighted by atomic mass is 32.1. The van der Waals surface area contributed by atoms with E-state index in [0.717, 1.165) is 27.7 Å². The largest absolute Gasteiger partial charge is 0.497 e. The van der Waals surface area contributed by atoms with Gasteiger partial charge in [0.1, 0.15) is 10.6 Å². The van der Waals surface area contributed by atoms with Gasteiger partial charge in [0.25, 0.3) is 5.91 Å². The third-order valence-electron chi connectivity index (χ3n) is 4.55. The zero-order chi connectivity index (χ0) is 20.1. The van der Waals surface area contributed by atoms with E-state index in [9.17, 15) is 4.79 Å². The average molecular weight is 404 g/mol. The first kappa shape index (κ1) is 20.3. The molecule has 0 bridgehead atoms. The second kappa shape index (κ2) is 9.18. The Labute approximate surface area is 168 Å². The predicted octanol–water partition coefficient (Wildman–Crippen LogP) is 3.11. The van der Waals surface area contributed by atoms with Crippen LogP contribution in [-0.2, 0) is 9.47 Å². The molecule has 8 heteroatoms. The number of methoxy groups -OCH3 is 3. The maximum absolute atomic E-state index is 13.0. The number of nitrogens with zero attached hydrogens (tertiary/aromatic N) is 3. The normalized spacial score (nSPS) is 11.1. The monoisotopic (exact) mass is 403 g/mol. The molecule has 150 valence electrons. The lowest BCUT2D eigenvalue weighted by Crippen LogP contribution is -2.36. The van der Waals surface area contributed by atoms with Gasteiger partial charge in [-0.05, 0) is 31.2 Å². The van der Waals surface area contributed by atoms with Gasteiger partial charge >= 0.3 is 0 Å². The van der Waals surface area contributed by atoms with Crippen LogP contribution in [0, 0.1) is 6.92 Å². The van der Waals surface area contributed by atoms with E-state index in [1.807, 2.05) is 41.8 Å². The van der Waals surface area contributed by atoms with Crippen molar-refractivity contribution in [3.8, 4) is 17.0 Å². The molecular formula is C20H25N3O4S. The number of ether oxygens (including phenoxy) is 3. The Hall–Kier alpha value is -2.42. The van der Waals surface area contributed by atoms with Crippen molar-refractivity contribution in [2.75, 3.05) is 47.6 Å². The Balaban J connectivity index is 1.87. The first-order valence-electron chi connectivity index (χ1n) is 8.99. The van der Waals surface area contributed by atoms with Gasteiger partial charge in [-0.25, -0.2) is 4.98 Å². The van der Waals surface area contributed by atoms with E-state index in [2.05, 4.69) is 0 Å². The molecule has 0 fully saturated rings. The number of imidazole rings is 1. The number of aryl methyl sites for hydroxylation is 1. The maximum atomic E-state index is 13.0. The molecular weight excluding hydrogens is 378 g/mol. The fourth-order valence-electron chi connectivity index (χ4n) is 2.91. The summed E-state index contributed by atoms with van der Waals surface area (Å²) in [4.78, 5) is 21.0. The van der Waals surface area contributed by atoms with Gasteiger partial charge in [-0.2, -0.15) is 0 Å². The maximum Gasteiger partial charge on any atom is 0.266 e. The number of aromatic nitrogens is 2. The van der Waals surface area contributed by atoms with Crippen LogP contribution in [0.2, 0.25) is 0 Å². The summed E-state index contributed by atoms with van der Waals surface area (Å²) in [6.45, 7) is 3.96. The highest BCUT2D eigenvalue weighted by molar-refractivity contribution is 7.19. The van der Waals surface area contributed by atoms with Gasteiger partial charge in [-0.3, -0.25) is 9.20 Å². The zero-order valence-electron chi connectivity index (χ0n) is 16.6. The lowest BCUT2D eigenvalue weighted by Gasteiger charge is -2.21. The van der Waals surface area contributed by atoms with Crippen LogP contribution in [0.1, 0.15) is 15.4 Å². The Kier molecular flexibility index (Phi) is 6.66. The molecule has 3 rings (SSSR count). The van der Waals surface area contributed by atoms with E-state index in [1.165, 1.54) is 11.3 Å². The number of rotatable bonds is 9. The molecule has 1 aromatic carbocycles. The summed E-state index contributed by atoms with van der Waals surface area (Å²) in [6, 6.07) is 7.77. The van der Waals surface area contributed by atoms with Crippen molar-refractivity contribution in [2.24, 2.45) is 0 Å². The van der Waals surface area contributed by atoms with E-state index in [1.54, 1.807) is 26.2 Å². The number of hydrogen-bond donors (Lipinski definition) is 0. The van der Waals surface area contributed by atoms with Crippen molar-refractivity contribution >= 4 is 22.2 Å². The molecule has 0 aliphatic carbocycles. The molecule has 28 heavy (non-hydrogen) atoms. The van der Waals surface area contributed by atoms with Gasteiger partial charge in [0.2, 0.25) is 0 Å². The third kappa shape index (κ3) is 4.19. The second-order valence-electron chi connectivity index (χ2n) is 6.30. The molecule has 1 amide bonds. The smallest absolute Gasteiger partial charge is 0.266 e. The van der Waals surface area contributed by atoms with Crippen LogP contribution in [0.5, 0.6) is 5.75 Å². The fourth-order valence-corrected chi connectivity index (χ4v) is 3.99. The Morgan fingerprint density at radius 3 is 2.29 bits per heavy atom. The third-order valence-corrected chi connectivity index (χ3v) is 5.70. The van der Waals surface area contributed by atoms with Crippen LogP contribution in [0.15, 0.2) is 30.5 Å². The molecule has 0 spiro atoms. The SMILES string of the molecule is COCCN(CCOC)C(=O)c1sc2nc(-c3ccc(OC)cc3)cn2c1C. The van der Waals surface area contributed by atoms with Crippen molar-refractivity contribution in [3.05, 3.63) is 41.0 Å². The first-order valence-corrected chi connectivity index (χ1v) is 9.80. The number of benzene rings is 1. The van der Waals surface area contributed by atoms with Crippen molar-refractivity contribution in [1.82, 2.24) is 14.3 Å². The van der Waals surface area contributed by atoms with Gasteiger partial charge in [0.05, 0.1) is 26.0 Å². The number of thiazole rings is 1. The fraction of sp³-hybridized carbons (Fsp3) is 0.400. The standard InChI is InChI=1S/C20H25N3O4S/c1-14-18(19(24)22(9-11-25-2)10-12-26-3)28-20-21-17(13-23(14)20)15-5-7-16(27-4)8-6-15/h5-8,13H,9-12H2,1-4H3. The van der Waals surface area contributed by atoms with Crippen LogP contribution in [0.4, 0.5) is 0 Å². The molecule has 0 atom stereocenters. The van der Waals surface area contributed by atoms with Gasteiger partial charge in [0, 0.05) is 44.8 Å². The summed E-state index contributed by atoms with van der Waals surface area (Å²) >= 11 is 1.40. The Bertz CT molecular complexity index is 925. The molecule has 0 saturated carbocycles. The minimum Gasteiger partial charge on any atom is -0.497 e. The summed E-state index contributed by atoms with van der Waals surface area (Å²) in [7, 11) is 4.90. The topological polar surface area (TPSA) is 65.3 Å². The van der Waals surface area contributed by atoms with E-state index >= 15 is 0 Å². The number of fused-ring (bicyclic) bond motifs is 1. The van der Waals surface area contributed by atoms with Crippen molar-refractivity contribution in [3.63, 3.8) is 0 Å². The van der Waals surface area contributed by atoms with Gasteiger partial charge in [0.15, 0.2) is 4.96 Å². The van der Waals surface area contributed by atoms with Crippen LogP contribution in [0.3, 0.4) is 0 Å². The first-order chi connectivity index (χ1) is 13.6. The molecule has 0 aliphatic rings. The van der Waals surface area contributed by atoms with Gasteiger partial charge < -0.3 is 19.1 Å². The quantitative estimate of drug-likeness (QED) is 0.549. The highest BCUT2D eigenvalue weighted by Gasteiger charge is 2.22. The summed E-state index contributed by atoms with van der Waals surface area (Å²) in [6.07, 6.45) is 1.97. The van der Waals surface area contributed by atoms with E-state index in [4.69, 9.17) is 19.2 Å². The highest BCUT2D eigenvalue weighted by Crippen LogP contribution is 2.28. The summed E-state index contributed by atoms with van der Waals surface area (Å²) in [5, 5.41) is 0. The van der Waals surface area contributed by atoms with Crippen molar-refractivity contribution in [2.45, 2.75) is 6.92 Å². The molecule has 2 aromatic heterocycles. The molecule has 3 aromatic rings. The molecule has 7 nitrogen and oxygen atoms in total. The molecule has 2 heterocycles. The summed E-state index contributed by atoms with van der Waals surface area (Å²) in [5.74, 6) is 0.786. The lowest BCUT2D eigenvalue weighted by atomic mass is 10.2. The molecule has 0 aliphatic heterocycles. The minimum absolute atomic E-state index is 0.0203. The summed E-state index contributed by atoms with van der Waals surface area (Å²) < 4.78 is 17.5. The predicted molar refractivity (Wildman–Crippen MR) is 109 cm³/mol. The Morgan fingerprint density at radius 1 is 1.11 bits per heavy atom. The van der Waals surface area contributed by atoms with Crippen LogP contribution < -0.4 is 4.74 Å². The zero-order valence-corrected chi connectivity index (χ0v) is 17.4. The molecule has 0 radical (unpaired) electrons. The van der Waals surface area contributed by atoms with Crippen LogP contribution in [0.25, 0.3) is 16.2 Å². The van der Waals surface area contributed by atoms with Crippen molar-refractivity contribution < 1.29 is 19.0 Å². The number of hydrogen-bond acceptors (Lipinski definition) is 6. The number of carbonyl (C=O) groups excluding carboxylic acids is 1. The number of carbonyl (C=O) groups is 1. The van der Waals surface area contributed by atoms with Crippen LogP contribution >= 0.6 is 11.3 Å². The van der Waals surface area contributed by atoms with Gasteiger partial charge in [-0.1, -0.05) is 11.3 Å². The van der Waals surface area contributed by atoms with E-state index < -0.39 is 0 Å². The van der Waals surface area contributed by atoms with E-state index in [0.29, 0.717) is 31.2 Å². The van der Waals surface area contributed by atoms with Gasteiger partial charge in [-0.15, -0.1) is 0 Å². The second-order valence-corrected chi connectivity index (χ2v) is 7.28. The average Bonchev–Trinajstić information content (AvgIpc) is 3.27. The van der Waals surface area contributed by atoms with E-state index in [-0.39, 0.29) is 5.91 Å². The minimum atomic E-state index is -0.0203. The Morgan fingerprint density at radius 2 is 1.75 bits per heavy atom. The lowest BCUT2D eigenvalue weighted by molar-refractivity contribution is 0.0631. The molecule has 0 unspecified atom stereocenters. The summed E-state index contributed by atoms with van der Waals surface area (Å²) in [5.41, 5.74) is 2.76. The molecule has 0 saturated heterocycles.